The molecule has 12 fully saturated rings. The molecule has 0 radical (unpaired) electrons. The molecule has 6 heteroatoms. The van der Waals surface area contributed by atoms with Crippen LogP contribution in [0.5, 0.6) is 0 Å². The van der Waals surface area contributed by atoms with Crippen LogP contribution in [0.2, 0.25) is 0 Å². The third kappa shape index (κ3) is 5.82. The normalized spacial score (nSPS) is 47.6. The number of carbonyl (C=O) groups excluding carboxylic acids is 2. The second-order valence-corrected chi connectivity index (χ2v) is 23.2. The Kier molecular flexibility index (Phi) is 8.45. The number of piperidine rings is 4. The summed E-state index contributed by atoms with van der Waals surface area (Å²) in [6, 6.07) is 22.1. The van der Waals surface area contributed by atoms with Crippen LogP contribution in [-0.4, -0.2) is 61.5 Å². The molecule has 0 aromatic heterocycles. The summed E-state index contributed by atoms with van der Waals surface area (Å²) in [4.78, 5) is 32.4. The van der Waals surface area contributed by atoms with Crippen LogP contribution in [0.4, 0.5) is 0 Å². The lowest BCUT2D eigenvalue weighted by atomic mass is 9.33. The second kappa shape index (κ2) is 12.9. The Morgan fingerprint density at radius 2 is 1.35 bits per heavy atom. The molecular weight excluding hydrogens is 701 g/mol. The molecule has 12 aliphatic rings. The van der Waals surface area contributed by atoms with Crippen LogP contribution in [0.25, 0.3) is 0 Å². The van der Waals surface area contributed by atoms with E-state index in [1.54, 1.807) is 0 Å². The lowest BCUT2D eigenvalue weighted by Crippen LogP contribution is -2.68. The van der Waals surface area contributed by atoms with Gasteiger partial charge in [0.05, 0.1) is 10.8 Å². The zero-order chi connectivity index (χ0) is 38.9. The molecule has 11 atom stereocenters. The van der Waals surface area contributed by atoms with E-state index < -0.39 is 0 Å². The van der Waals surface area contributed by atoms with Crippen LogP contribution in [0.1, 0.15) is 147 Å². The highest BCUT2D eigenvalue weighted by molar-refractivity contribution is 5.85. The molecule has 0 spiro atoms. The van der Waals surface area contributed by atoms with E-state index in [9.17, 15) is 4.79 Å². The Morgan fingerprint density at radius 1 is 0.702 bits per heavy atom. The van der Waals surface area contributed by atoms with Gasteiger partial charge < -0.3 is 20.9 Å². The van der Waals surface area contributed by atoms with Crippen molar-refractivity contribution in [1.29, 1.82) is 0 Å². The van der Waals surface area contributed by atoms with Gasteiger partial charge in [0.2, 0.25) is 11.8 Å². The number of carbonyl (C=O) groups is 2. The molecule has 2 amide bonds. The van der Waals surface area contributed by atoms with Gasteiger partial charge >= 0.3 is 0 Å². The van der Waals surface area contributed by atoms with E-state index in [-0.39, 0.29) is 43.9 Å². The predicted molar refractivity (Wildman–Crippen MR) is 227 cm³/mol. The Bertz CT molecular complexity index is 1910. The number of nitrogens with zero attached hydrogens (tertiary/aromatic N) is 1. The molecule has 14 rings (SSSR count). The molecule has 10 bridgehead atoms. The maximum absolute atomic E-state index is 15.1. The van der Waals surface area contributed by atoms with Crippen molar-refractivity contribution in [2.75, 3.05) is 32.7 Å². The first-order chi connectivity index (χ1) is 27.4. The first-order valence-corrected chi connectivity index (χ1v) is 23.6. The molecular formula is C51H70N4O2. The summed E-state index contributed by atoms with van der Waals surface area (Å²) >= 11 is 0. The molecule has 8 saturated carbocycles. The van der Waals surface area contributed by atoms with Gasteiger partial charge in [-0.25, -0.2) is 0 Å². The zero-order valence-electron chi connectivity index (χ0n) is 35.4. The van der Waals surface area contributed by atoms with Crippen molar-refractivity contribution in [3.63, 3.8) is 0 Å². The summed E-state index contributed by atoms with van der Waals surface area (Å²) in [5.74, 6) is 2.48. The smallest absolute Gasteiger partial charge is 0.226 e. The van der Waals surface area contributed by atoms with Crippen LogP contribution in [0.15, 0.2) is 54.6 Å². The number of benzene rings is 2. The minimum absolute atomic E-state index is 0.00787. The Labute approximate surface area is 342 Å². The quantitative estimate of drug-likeness (QED) is 0.239. The molecule has 4 saturated heterocycles. The molecule has 4 heterocycles. The second-order valence-electron chi connectivity index (χ2n) is 23.2. The molecule has 8 aliphatic carbocycles. The van der Waals surface area contributed by atoms with E-state index in [0.717, 1.165) is 71.0 Å². The number of fused-ring (bicyclic) bond motifs is 3. The van der Waals surface area contributed by atoms with Gasteiger partial charge in [0, 0.05) is 18.6 Å². The van der Waals surface area contributed by atoms with Crippen LogP contribution in [0, 0.1) is 39.4 Å². The lowest BCUT2D eigenvalue weighted by Gasteiger charge is -2.70. The predicted octanol–water partition coefficient (Wildman–Crippen LogP) is 8.57. The largest absolute Gasteiger partial charge is 0.353 e. The van der Waals surface area contributed by atoms with E-state index in [0.29, 0.717) is 35.6 Å². The van der Waals surface area contributed by atoms with Gasteiger partial charge in [0.25, 0.3) is 0 Å². The molecule has 4 aliphatic heterocycles. The highest BCUT2D eigenvalue weighted by Gasteiger charge is 2.70. The fraction of sp³-hybridized carbons (Fsp3) is 0.725. The maximum Gasteiger partial charge on any atom is 0.226 e. The Morgan fingerprint density at radius 3 is 2.02 bits per heavy atom. The average Bonchev–Trinajstić information content (AvgIpc) is 3.18. The van der Waals surface area contributed by atoms with Crippen molar-refractivity contribution in [3.05, 3.63) is 71.3 Å². The van der Waals surface area contributed by atoms with E-state index in [4.69, 9.17) is 0 Å². The van der Waals surface area contributed by atoms with Gasteiger partial charge in [0.15, 0.2) is 0 Å². The number of amides is 2. The summed E-state index contributed by atoms with van der Waals surface area (Å²) in [7, 11) is 0. The van der Waals surface area contributed by atoms with Gasteiger partial charge in [-0.3, -0.25) is 9.59 Å². The zero-order valence-corrected chi connectivity index (χ0v) is 35.4. The van der Waals surface area contributed by atoms with Gasteiger partial charge in [0.1, 0.15) is 0 Å². The highest BCUT2D eigenvalue weighted by atomic mass is 16.2. The number of nitrogens with one attached hydrogen (secondary N) is 3. The van der Waals surface area contributed by atoms with Crippen molar-refractivity contribution in [2.45, 2.75) is 158 Å². The molecule has 2 aromatic rings. The number of rotatable bonds is 9. The van der Waals surface area contributed by atoms with Crippen molar-refractivity contribution in [1.82, 2.24) is 20.9 Å². The number of hydrogen-bond acceptors (Lipinski definition) is 4. The van der Waals surface area contributed by atoms with Crippen molar-refractivity contribution in [2.24, 2.45) is 39.4 Å². The third-order valence-electron chi connectivity index (χ3n) is 18.8. The van der Waals surface area contributed by atoms with Crippen molar-refractivity contribution >= 4 is 11.8 Å². The fourth-order valence-electron chi connectivity index (χ4n) is 18.0. The van der Waals surface area contributed by atoms with Crippen LogP contribution < -0.4 is 16.0 Å². The lowest BCUT2D eigenvalue weighted by molar-refractivity contribution is -0.167. The van der Waals surface area contributed by atoms with E-state index in [2.05, 4.69) is 96.2 Å². The van der Waals surface area contributed by atoms with Crippen LogP contribution in [0.3, 0.4) is 0 Å². The minimum atomic E-state index is -0.345. The van der Waals surface area contributed by atoms with E-state index >= 15 is 4.79 Å². The molecule has 57 heavy (non-hydrogen) atoms. The fourth-order valence-corrected chi connectivity index (χ4v) is 18.0. The standard InChI is InChI=1S/C51H70N4O2/c1-4-17-46-21-36-22-47(29-46,31-48(23-36,30-46)43(56)53-41-14-18-52-24-35(41)2)39-10-12-40(13-11-39)50-27-45(3)26-49(32-50,38-8-6-5-7-9-38)33-51(28-45,34-50)44(57)54-42-25-55-19-15-37(42)16-20-55/h5-13,35-37,41-42,52H,4,14-34H2,1-3H3,(H,53,56)(H,54,57)/t35?,36?,41?,42-,45+,46-,47-,48?,49+,50?,51?/m1/s1. The molecule has 306 valence electrons. The van der Waals surface area contributed by atoms with Crippen LogP contribution >= 0.6 is 0 Å². The Balaban J connectivity index is 0.937. The van der Waals surface area contributed by atoms with Gasteiger partial charge in [-0.05, 0) is 190 Å². The van der Waals surface area contributed by atoms with Crippen molar-refractivity contribution in [3.8, 4) is 0 Å². The first-order valence-electron chi connectivity index (χ1n) is 23.6. The van der Waals surface area contributed by atoms with Crippen LogP contribution in [-0.2, 0) is 25.8 Å². The topological polar surface area (TPSA) is 73.5 Å². The third-order valence-corrected chi connectivity index (χ3v) is 18.8. The van der Waals surface area contributed by atoms with Gasteiger partial charge in [-0.1, -0.05) is 81.8 Å². The molecule has 2 aromatic carbocycles. The van der Waals surface area contributed by atoms with E-state index in [1.165, 1.54) is 87.6 Å². The SMILES string of the molecule is CCC[C@]12CC3CC(C(=O)NC4CCNCC4C)(C1)C[C@@](c1ccc(C45CC6(C(=O)N[C@@H]7CN8CCC7CC8)C[C@](C)(C4)C[C@@](c4ccccc4)(C6)C5)cc1)(C3)C2. The highest BCUT2D eigenvalue weighted by Crippen LogP contribution is 2.75. The molecule has 3 N–H and O–H groups in total. The van der Waals surface area contributed by atoms with Crippen molar-refractivity contribution < 1.29 is 9.59 Å². The summed E-state index contributed by atoms with van der Waals surface area (Å²) in [5.41, 5.74) is 4.26. The van der Waals surface area contributed by atoms with Gasteiger partial charge in [-0.15, -0.1) is 0 Å². The Hall–Kier alpha value is -2.70. The summed E-state index contributed by atoms with van der Waals surface area (Å²) in [5, 5.41) is 11.0. The molecule has 6 nitrogen and oxygen atoms in total. The van der Waals surface area contributed by atoms with Gasteiger partial charge in [-0.2, -0.15) is 0 Å². The summed E-state index contributed by atoms with van der Waals surface area (Å²) in [6.07, 6.45) is 19.4. The molecule has 6 unspecified atom stereocenters. The summed E-state index contributed by atoms with van der Waals surface area (Å²) < 4.78 is 0. The monoisotopic (exact) mass is 771 g/mol. The maximum atomic E-state index is 15.1. The average molecular weight is 771 g/mol. The van der Waals surface area contributed by atoms with E-state index in [1.807, 2.05) is 0 Å². The minimum Gasteiger partial charge on any atom is -0.353 e. The summed E-state index contributed by atoms with van der Waals surface area (Å²) in [6.45, 7) is 12.6. The first kappa shape index (κ1) is 37.3. The number of hydrogen-bond donors (Lipinski definition) is 3.